The minimum absolute atomic E-state index is 0.329. The summed E-state index contributed by atoms with van der Waals surface area (Å²) in [7, 11) is 1.84. The van der Waals surface area contributed by atoms with E-state index in [9.17, 15) is 0 Å². The normalized spacial score (nSPS) is 16.9. The van der Waals surface area contributed by atoms with Crippen molar-refractivity contribution in [2.45, 2.75) is 24.8 Å². The van der Waals surface area contributed by atoms with E-state index in [1.54, 1.807) is 17.1 Å². The van der Waals surface area contributed by atoms with E-state index < -0.39 is 0 Å². The molecule has 3 aromatic heterocycles. The molecule has 0 spiro atoms. The molecule has 3 aromatic rings. The molecular weight excluding hydrogens is 270 g/mol. The molecule has 8 heteroatoms. The first-order valence-electron chi connectivity index (χ1n) is 6.81. The number of aromatic amines is 1. The van der Waals surface area contributed by atoms with Crippen LogP contribution in [0.25, 0.3) is 23.0 Å². The van der Waals surface area contributed by atoms with Gasteiger partial charge in [-0.3, -0.25) is 4.68 Å². The minimum Gasteiger partial charge on any atom is -0.336 e. The zero-order chi connectivity index (χ0) is 14.4. The van der Waals surface area contributed by atoms with Crippen LogP contribution in [0.1, 0.15) is 25.1 Å². The summed E-state index contributed by atoms with van der Waals surface area (Å²) >= 11 is 0. The largest absolute Gasteiger partial charge is 0.336 e. The van der Waals surface area contributed by atoms with E-state index in [4.69, 9.17) is 10.3 Å². The fraction of sp³-hybridized carbons (Fsp3) is 0.385. The third kappa shape index (κ3) is 1.95. The van der Waals surface area contributed by atoms with Gasteiger partial charge in [-0.25, -0.2) is 4.98 Å². The molecule has 1 aliphatic rings. The average molecular weight is 285 g/mol. The second kappa shape index (κ2) is 4.26. The lowest BCUT2D eigenvalue weighted by molar-refractivity contribution is 0.240. The lowest BCUT2D eigenvalue weighted by atomic mass is 9.77. The summed E-state index contributed by atoms with van der Waals surface area (Å²) in [6, 6.07) is 0. The second-order valence-electron chi connectivity index (χ2n) is 5.48. The Morgan fingerprint density at radius 2 is 2.24 bits per heavy atom. The van der Waals surface area contributed by atoms with Gasteiger partial charge in [-0.1, -0.05) is 5.16 Å². The summed E-state index contributed by atoms with van der Waals surface area (Å²) in [6.45, 7) is 0. The highest BCUT2D eigenvalue weighted by molar-refractivity contribution is 5.55. The summed E-state index contributed by atoms with van der Waals surface area (Å²) < 4.78 is 6.97. The quantitative estimate of drug-likeness (QED) is 0.747. The molecule has 0 amide bonds. The summed E-state index contributed by atoms with van der Waals surface area (Å²) in [5.74, 6) is 1.68. The number of nitrogens with zero attached hydrogens (tertiary/aromatic N) is 5. The molecule has 3 N–H and O–H groups in total. The Morgan fingerprint density at radius 3 is 2.90 bits per heavy atom. The van der Waals surface area contributed by atoms with E-state index >= 15 is 0 Å². The Kier molecular flexibility index (Phi) is 2.49. The van der Waals surface area contributed by atoms with Gasteiger partial charge in [0.25, 0.3) is 5.89 Å². The molecule has 0 aromatic carbocycles. The maximum absolute atomic E-state index is 6.24. The smallest absolute Gasteiger partial charge is 0.276 e. The van der Waals surface area contributed by atoms with E-state index in [1.165, 1.54) is 0 Å². The molecule has 1 aliphatic carbocycles. The van der Waals surface area contributed by atoms with Gasteiger partial charge in [0, 0.05) is 13.2 Å². The third-order valence-electron chi connectivity index (χ3n) is 3.91. The predicted octanol–water partition coefficient (Wildman–Crippen LogP) is 1.20. The highest BCUT2D eigenvalue weighted by Gasteiger charge is 2.37. The van der Waals surface area contributed by atoms with Crippen molar-refractivity contribution in [3.63, 3.8) is 0 Å². The van der Waals surface area contributed by atoms with Crippen LogP contribution in [0.3, 0.4) is 0 Å². The van der Waals surface area contributed by atoms with Crippen molar-refractivity contribution in [2.75, 3.05) is 0 Å². The van der Waals surface area contributed by atoms with E-state index in [1.807, 2.05) is 13.2 Å². The van der Waals surface area contributed by atoms with Crippen molar-refractivity contribution >= 4 is 0 Å². The number of hydrogen-bond acceptors (Lipinski definition) is 6. The third-order valence-corrected chi connectivity index (χ3v) is 3.91. The molecule has 1 saturated carbocycles. The van der Waals surface area contributed by atoms with Crippen LogP contribution in [-0.2, 0) is 12.6 Å². The van der Waals surface area contributed by atoms with Gasteiger partial charge < -0.3 is 15.2 Å². The van der Waals surface area contributed by atoms with Gasteiger partial charge in [-0.15, -0.1) is 0 Å². The van der Waals surface area contributed by atoms with Gasteiger partial charge in [-0.05, 0) is 19.3 Å². The molecule has 4 rings (SSSR count). The van der Waals surface area contributed by atoms with Crippen LogP contribution >= 0.6 is 0 Å². The monoisotopic (exact) mass is 285 g/mol. The first kappa shape index (κ1) is 12.3. The highest BCUT2D eigenvalue weighted by atomic mass is 16.5. The van der Waals surface area contributed by atoms with Gasteiger partial charge in [-0.2, -0.15) is 10.1 Å². The highest BCUT2D eigenvalue weighted by Crippen LogP contribution is 2.37. The van der Waals surface area contributed by atoms with Crippen LogP contribution in [-0.4, -0.2) is 29.9 Å². The molecule has 0 saturated heterocycles. The van der Waals surface area contributed by atoms with E-state index in [-0.39, 0.29) is 5.54 Å². The summed E-state index contributed by atoms with van der Waals surface area (Å²) in [4.78, 5) is 11.9. The number of nitrogens with two attached hydrogens (primary N) is 1. The van der Waals surface area contributed by atoms with Gasteiger partial charge in [0.1, 0.15) is 11.5 Å². The molecule has 21 heavy (non-hydrogen) atoms. The number of aromatic nitrogens is 6. The Hall–Kier alpha value is -2.48. The molecule has 8 nitrogen and oxygen atoms in total. The zero-order valence-corrected chi connectivity index (χ0v) is 11.6. The van der Waals surface area contributed by atoms with Crippen LogP contribution in [0.2, 0.25) is 0 Å². The van der Waals surface area contributed by atoms with Crippen molar-refractivity contribution in [1.29, 1.82) is 0 Å². The Balaban J connectivity index is 1.64. The number of nitrogens with one attached hydrogen (secondary N) is 1. The first-order chi connectivity index (χ1) is 10.1. The number of H-pyrrole nitrogens is 1. The summed E-state index contributed by atoms with van der Waals surface area (Å²) in [5.41, 5.74) is 7.41. The molecular formula is C13H15N7O. The minimum atomic E-state index is -0.329. The average Bonchev–Trinajstić information content (AvgIpc) is 3.14. The SMILES string of the molecule is Cn1cc(-c2noc(-c3cnc(C4(N)CCC4)[nH]3)n2)cn1. The first-order valence-corrected chi connectivity index (χ1v) is 6.81. The molecule has 0 atom stereocenters. The van der Waals surface area contributed by atoms with Crippen molar-refractivity contribution in [2.24, 2.45) is 12.8 Å². The molecule has 1 fully saturated rings. The fourth-order valence-corrected chi connectivity index (χ4v) is 2.46. The molecule has 3 heterocycles. The number of aryl methyl sites for hydroxylation is 1. The Labute approximate surface area is 120 Å². The molecule has 0 aliphatic heterocycles. The second-order valence-corrected chi connectivity index (χ2v) is 5.48. The molecule has 0 unspecified atom stereocenters. The summed E-state index contributed by atoms with van der Waals surface area (Å²) in [5, 5.41) is 8.05. The van der Waals surface area contributed by atoms with Crippen LogP contribution < -0.4 is 5.73 Å². The lowest BCUT2D eigenvalue weighted by Gasteiger charge is -2.35. The number of imidazole rings is 1. The van der Waals surface area contributed by atoms with Gasteiger partial charge in [0.05, 0.1) is 23.5 Å². The molecule has 108 valence electrons. The topological polar surface area (TPSA) is 111 Å². The van der Waals surface area contributed by atoms with Gasteiger partial charge in [0.2, 0.25) is 5.82 Å². The lowest BCUT2D eigenvalue weighted by Crippen LogP contribution is -2.44. The number of hydrogen-bond donors (Lipinski definition) is 2. The molecule has 0 radical (unpaired) electrons. The maximum atomic E-state index is 6.24. The number of rotatable bonds is 3. The van der Waals surface area contributed by atoms with Gasteiger partial charge >= 0.3 is 0 Å². The van der Waals surface area contributed by atoms with Crippen molar-refractivity contribution in [1.82, 2.24) is 29.9 Å². The Bertz CT molecular complexity index is 780. The Morgan fingerprint density at radius 1 is 1.38 bits per heavy atom. The van der Waals surface area contributed by atoms with Crippen LogP contribution in [0.15, 0.2) is 23.1 Å². The van der Waals surface area contributed by atoms with Crippen LogP contribution in [0.4, 0.5) is 0 Å². The fourth-order valence-electron chi connectivity index (χ4n) is 2.46. The van der Waals surface area contributed by atoms with Gasteiger partial charge in [0.15, 0.2) is 0 Å². The summed E-state index contributed by atoms with van der Waals surface area (Å²) in [6.07, 6.45) is 8.24. The van der Waals surface area contributed by atoms with E-state index in [0.717, 1.165) is 30.7 Å². The van der Waals surface area contributed by atoms with Crippen LogP contribution in [0, 0.1) is 0 Å². The van der Waals surface area contributed by atoms with Crippen molar-refractivity contribution in [3.8, 4) is 23.0 Å². The van der Waals surface area contributed by atoms with Crippen LogP contribution in [0.5, 0.6) is 0 Å². The predicted molar refractivity (Wildman–Crippen MR) is 73.8 cm³/mol. The van der Waals surface area contributed by atoms with E-state index in [2.05, 4.69) is 25.2 Å². The standard InChI is InChI=1S/C13H15N7O/c1-20-7-8(5-16-20)10-18-11(21-19-10)9-6-15-12(17-9)13(14)3-2-4-13/h5-7H,2-4,14H2,1H3,(H,15,17). The zero-order valence-electron chi connectivity index (χ0n) is 11.6. The molecule has 0 bridgehead atoms. The van der Waals surface area contributed by atoms with Crippen molar-refractivity contribution in [3.05, 3.63) is 24.4 Å². The van der Waals surface area contributed by atoms with E-state index in [0.29, 0.717) is 17.4 Å². The maximum Gasteiger partial charge on any atom is 0.276 e. The van der Waals surface area contributed by atoms with Crippen molar-refractivity contribution < 1.29 is 4.52 Å².